The molecule has 0 atom stereocenters. The molecule has 0 amide bonds. The van der Waals surface area contributed by atoms with Crippen LogP contribution in [0.5, 0.6) is 0 Å². The van der Waals surface area contributed by atoms with Gasteiger partial charge in [-0.05, 0) is 132 Å². The van der Waals surface area contributed by atoms with E-state index in [1.165, 1.54) is 50.5 Å². The van der Waals surface area contributed by atoms with Gasteiger partial charge in [0.05, 0.1) is 23.3 Å². The zero-order valence-electron chi connectivity index (χ0n) is 90.0. The Balaban J connectivity index is 0.000000703. The smallest absolute Gasteiger partial charge is 0.133 e. The molecular weight excluding hydrogens is 1530 g/mol. The van der Waals surface area contributed by atoms with Gasteiger partial charge in [0.2, 0.25) is 0 Å². The molecule has 0 aromatic carbocycles. The van der Waals surface area contributed by atoms with Crippen LogP contribution in [-0.2, 0) is 92.1 Å². The second kappa shape index (κ2) is 43.9. The van der Waals surface area contributed by atoms with E-state index in [0.29, 0.717) is 5.92 Å². The Morgan fingerprint density at radius 1 is 0.200 bits per heavy atom. The molecule has 0 saturated heterocycles. The third-order valence-corrected chi connectivity index (χ3v) is 20.4. The van der Waals surface area contributed by atoms with Crippen LogP contribution in [0.4, 0.5) is 0 Å². The molecular formula is C111H182N14. The fourth-order valence-corrected chi connectivity index (χ4v) is 10.7. The molecule has 0 aliphatic heterocycles. The predicted molar refractivity (Wildman–Crippen MR) is 539 cm³/mol. The summed E-state index contributed by atoms with van der Waals surface area (Å²) in [7, 11) is 0. The van der Waals surface area contributed by atoms with Gasteiger partial charge in [-0.15, -0.1) is 0 Å². The molecule has 0 spiro atoms. The zero-order valence-corrected chi connectivity index (χ0v) is 90.0. The molecule has 125 heavy (non-hydrogen) atoms. The fourth-order valence-electron chi connectivity index (χ4n) is 10.7. The van der Waals surface area contributed by atoms with E-state index in [1.54, 1.807) is 6.33 Å². The van der Waals surface area contributed by atoms with Crippen molar-refractivity contribution in [3.8, 4) is 0 Å². The Labute approximate surface area is 767 Å². The Kier molecular flexibility index (Phi) is 40.4. The molecule has 0 bridgehead atoms. The second-order valence-corrected chi connectivity index (χ2v) is 51.7. The molecule has 9 heterocycles. The van der Waals surface area contributed by atoms with Gasteiger partial charge in [0.1, 0.15) is 18.0 Å². The van der Waals surface area contributed by atoms with Crippen LogP contribution in [0.3, 0.4) is 0 Å². The summed E-state index contributed by atoms with van der Waals surface area (Å²) < 4.78 is 0. The second-order valence-electron chi connectivity index (χ2n) is 51.7. The lowest BCUT2D eigenvalue weighted by atomic mass is 9.82. The highest BCUT2D eigenvalue weighted by atomic mass is 15.1. The summed E-state index contributed by atoms with van der Waals surface area (Å²) in [6, 6.07) is 27.7. The van der Waals surface area contributed by atoms with Gasteiger partial charge in [0.15, 0.2) is 0 Å². The summed E-state index contributed by atoms with van der Waals surface area (Å²) in [5, 5.41) is 16.7. The van der Waals surface area contributed by atoms with Crippen molar-refractivity contribution in [3.05, 3.63) is 237 Å². The van der Waals surface area contributed by atoms with Crippen molar-refractivity contribution in [1.82, 2.24) is 70.2 Å². The average Bonchev–Trinajstić information content (AvgIpc) is 0.595. The normalized spacial score (nSPS) is 12.9. The first kappa shape index (κ1) is 115. The maximum Gasteiger partial charge on any atom is 0.133 e. The number of hydrogen-bond donors (Lipinski definition) is 0. The first-order chi connectivity index (χ1) is 55.6. The van der Waals surface area contributed by atoms with Gasteiger partial charge in [0, 0.05) is 143 Å². The van der Waals surface area contributed by atoms with Crippen LogP contribution < -0.4 is 0 Å². The van der Waals surface area contributed by atoms with E-state index in [0.717, 1.165) is 51.5 Å². The Bertz CT molecular complexity index is 3820. The van der Waals surface area contributed by atoms with Crippen molar-refractivity contribution in [1.29, 1.82) is 0 Å². The lowest BCUT2D eigenvalue weighted by Gasteiger charge is -2.23. The van der Waals surface area contributed by atoms with Gasteiger partial charge >= 0.3 is 0 Å². The highest BCUT2D eigenvalue weighted by Gasteiger charge is 2.29. The molecule has 0 fully saturated rings. The van der Waals surface area contributed by atoms with Crippen LogP contribution in [0.15, 0.2) is 135 Å². The molecule has 0 N–H and O–H groups in total. The highest BCUT2D eigenvalue weighted by Crippen LogP contribution is 2.34. The third kappa shape index (κ3) is 42.7. The molecule has 0 unspecified atom stereocenters. The first-order valence-corrected chi connectivity index (χ1v) is 45.7. The lowest BCUT2D eigenvalue weighted by molar-refractivity contribution is 0.513. The SMILES string of the molecule is CC(C)(C)c1cc(C(C)(C)C)ncn1.CC(C)(C)c1ccc(C(C)(C)C)nc1.CC(C)(C)c1cccc(C(C)(C)C)n1.CC(C)(C)c1ccnc(C(C)(C)C)c1.CC(C)(C)c1ccnc(C(C)(C)C)n1.CC(C)(C)c1cnc(C(C)(C)C)nc1.CC(C)(C)c1cncc(C(C)(C)C)c1.CC(C)(C)c1cnnc(C(C)(C)C)c1.CC(C)c1ccc(C(C)(C)C)nn1. The van der Waals surface area contributed by atoms with E-state index in [-0.39, 0.29) is 92.1 Å². The Morgan fingerprint density at radius 3 is 0.880 bits per heavy atom. The fraction of sp³-hybridized carbons (Fsp3) is 0.640. The monoisotopic (exact) mass is 1710 g/mol. The average molecular weight is 1710 g/mol. The number of nitrogens with zero attached hydrogens (tertiary/aromatic N) is 14. The minimum absolute atomic E-state index is 0.0290. The van der Waals surface area contributed by atoms with E-state index in [2.05, 4.69) is 505 Å². The van der Waals surface area contributed by atoms with Gasteiger partial charge in [0.25, 0.3) is 0 Å². The molecule has 0 radical (unpaired) electrons. The van der Waals surface area contributed by atoms with Crippen LogP contribution in [0.25, 0.3) is 0 Å². The van der Waals surface area contributed by atoms with E-state index in [1.807, 2.05) is 55.6 Å². The van der Waals surface area contributed by atoms with E-state index in [4.69, 9.17) is 4.98 Å². The number of pyridine rings is 4. The van der Waals surface area contributed by atoms with Crippen molar-refractivity contribution < 1.29 is 0 Å². The molecule has 9 aromatic heterocycles. The maximum atomic E-state index is 4.72. The third-order valence-electron chi connectivity index (χ3n) is 20.4. The molecule has 696 valence electrons. The molecule has 0 saturated carbocycles. The Morgan fingerprint density at radius 2 is 0.544 bits per heavy atom. The van der Waals surface area contributed by atoms with Crippen LogP contribution in [-0.4, -0.2) is 70.2 Å². The van der Waals surface area contributed by atoms with Gasteiger partial charge in [-0.3, -0.25) is 19.9 Å². The van der Waals surface area contributed by atoms with Gasteiger partial charge in [-0.2, -0.15) is 20.4 Å². The standard InChI is InChI=1S/4C13H21N.4C12H20N2.C11H18N2/c1-12(2,3)10-7-11(9-14-8-10)13(4,5)6;1-12(2,3)10-7-8-14-11(9-10)13(4,5)6;1-12(2,3)10-7-8-11(14-9-10)13(4,5)6;1-12(2,3)10-8-7-9-11(14-10)13(4,5)6;1-11(2,3)9-7-10(12(4,5)6)14-8-13-9;1-11(2,3)9-7-13-10(14-8-9)12(4,5)6;1-11(2,3)9-7-10(12(4,5)6)14-13-8-9;1-11(2,3)9-7-8-13-10(14-9)12(4,5)6;1-8(2)9-6-7-10(13-12-9)11(3,4)5/h4*7-9H,1-6H3;4*7-8H,1-6H3;6-8H,1-5H3. The summed E-state index contributed by atoms with van der Waals surface area (Å²) in [4.78, 5) is 44.3. The first-order valence-electron chi connectivity index (χ1n) is 45.7. The molecule has 0 aliphatic carbocycles. The zero-order chi connectivity index (χ0) is 97.9. The van der Waals surface area contributed by atoms with Crippen molar-refractivity contribution in [3.63, 3.8) is 0 Å². The minimum Gasteiger partial charge on any atom is -0.264 e. The van der Waals surface area contributed by atoms with E-state index >= 15 is 0 Å². The highest BCUT2D eigenvalue weighted by molar-refractivity contribution is 5.31. The maximum absolute atomic E-state index is 4.72. The quantitative estimate of drug-likeness (QED) is 0.151. The number of aromatic nitrogens is 14. The summed E-state index contributed by atoms with van der Waals surface area (Å²) >= 11 is 0. The van der Waals surface area contributed by atoms with Crippen molar-refractivity contribution in [2.45, 2.75) is 465 Å². The summed E-state index contributed by atoms with van der Waals surface area (Å²) in [5.74, 6) is 2.29. The molecule has 14 heteroatoms. The minimum atomic E-state index is 0.0290. The lowest BCUT2D eigenvalue weighted by Crippen LogP contribution is -2.21. The largest absolute Gasteiger partial charge is 0.264 e. The summed E-state index contributed by atoms with van der Waals surface area (Å²) in [6.07, 6.45) is 17.1. The van der Waals surface area contributed by atoms with Gasteiger partial charge < -0.3 is 0 Å². The molecule has 9 aromatic rings. The molecule has 0 aliphatic rings. The van der Waals surface area contributed by atoms with Gasteiger partial charge in [-0.1, -0.05) is 385 Å². The Hall–Kier alpha value is -8.00. The van der Waals surface area contributed by atoms with E-state index in [9.17, 15) is 0 Å². The number of rotatable bonds is 1. The topological polar surface area (TPSA) is 180 Å². The van der Waals surface area contributed by atoms with Crippen LogP contribution in [0.2, 0.25) is 0 Å². The van der Waals surface area contributed by atoms with Crippen LogP contribution in [0.1, 0.15) is 475 Å². The summed E-state index contributed by atoms with van der Waals surface area (Å²) in [6.45, 7) is 115. The predicted octanol–water partition coefficient (Wildman–Crippen LogP) is 29.9. The number of hydrogen-bond acceptors (Lipinski definition) is 14. The van der Waals surface area contributed by atoms with Gasteiger partial charge in [-0.25, -0.2) is 29.9 Å². The molecule has 9 rings (SSSR count). The van der Waals surface area contributed by atoms with Crippen molar-refractivity contribution >= 4 is 0 Å². The van der Waals surface area contributed by atoms with Crippen LogP contribution >= 0.6 is 0 Å². The van der Waals surface area contributed by atoms with E-state index < -0.39 is 0 Å². The molecule has 14 nitrogen and oxygen atoms in total. The van der Waals surface area contributed by atoms with Crippen LogP contribution in [0, 0.1) is 0 Å². The summed E-state index contributed by atoms with van der Waals surface area (Å²) in [5.41, 5.74) is 21.1. The van der Waals surface area contributed by atoms with Crippen molar-refractivity contribution in [2.75, 3.05) is 0 Å². The van der Waals surface area contributed by atoms with Crippen molar-refractivity contribution in [2.24, 2.45) is 0 Å².